The summed E-state index contributed by atoms with van der Waals surface area (Å²) in [7, 11) is 0. The molecule has 6 heteroatoms. The maximum absolute atomic E-state index is 12.0. The molecule has 0 fully saturated rings. The molecule has 1 amide bonds. The van der Waals surface area contributed by atoms with Crippen LogP contribution in [0.15, 0.2) is 47.6 Å². The number of hydrogen-bond donors (Lipinski definition) is 1. The molecular weight excluding hydrogens is 335 g/mol. The first-order valence-corrected chi connectivity index (χ1v) is 7.87. The molecule has 4 nitrogen and oxygen atoms in total. The molecule has 1 N–H and O–H groups in total. The zero-order chi connectivity index (χ0) is 16.7. The topological polar surface area (TPSA) is 50.7 Å². The van der Waals surface area contributed by atoms with Crippen LogP contribution in [0.5, 0.6) is 5.75 Å². The summed E-state index contributed by atoms with van der Waals surface area (Å²) in [5.74, 6) is 0.409. The third-order valence-electron chi connectivity index (χ3n) is 2.91. The van der Waals surface area contributed by atoms with E-state index in [1.165, 1.54) is 6.07 Å². The highest BCUT2D eigenvalue weighted by molar-refractivity contribution is 6.36. The van der Waals surface area contributed by atoms with Crippen LogP contribution >= 0.6 is 23.2 Å². The maximum Gasteiger partial charge on any atom is 0.272 e. The monoisotopic (exact) mass is 350 g/mol. The lowest BCUT2D eigenvalue weighted by Crippen LogP contribution is -2.18. The van der Waals surface area contributed by atoms with Crippen molar-refractivity contribution in [3.63, 3.8) is 0 Å². The van der Waals surface area contributed by atoms with Crippen LogP contribution in [0.1, 0.15) is 29.3 Å². The number of amides is 1. The summed E-state index contributed by atoms with van der Waals surface area (Å²) in [6.07, 6.45) is 2.51. The average Bonchev–Trinajstić information content (AvgIpc) is 2.54. The summed E-state index contributed by atoms with van der Waals surface area (Å²) in [5, 5.41) is 4.67. The molecule has 0 aliphatic heterocycles. The summed E-state index contributed by atoms with van der Waals surface area (Å²) in [6.45, 7) is 2.74. The van der Waals surface area contributed by atoms with Crippen molar-refractivity contribution in [2.45, 2.75) is 13.3 Å². The van der Waals surface area contributed by atoms with Crippen LogP contribution in [0, 0.1) is 0 Å². The van der Waals surface area contributed by atoms with Crippen molar-refractivity contribution >= 4 is 35.3 Å². The van der Waals surface area contributed by atoms with Gasteiger partial charge in [-0.15, -0.1) is 0 Å². The van der Waals surface area contributed by atoms with E-state index in [0.717, 1.165) is 17.7 Å². The van der Waals surface area contributed by atoms with Gasteiger partial charge in [-0.25, -0.2) is 5.43 Å². The quantitative estimate of drug-likeness (QED) is 0.613. The highest BCUT2D eigenvalue weighted by atomic mass is 35.5. The second-order valence-corrected chi connectivity index (χ2v) is 5.58. The molecule has 2 aromatic rings. The van der Waals surface area contributed by atoms with Gasteiger partial charge in [-0.05, 0) is 54.4 Å². The number of carbonyl (C=O) groups is 1. The molecule has 23 heavy (non-hydrogen) atoms. The van der Waals surface area contributed by atoms with Gasteiger partial charge in [-0.2, -0.15) is 5.10 Å². The van der Waals surface area contributed by atoms with E-state index in [1.54, 1.807) is 18.3 Å². The molecular formula is C17H16Cl2N2O2. The average molecular weight is 351 g/mol. The lowest BCUT2D eigenvalue weighted by atomic mass is 10.2. The maximum atomic E-state index is 12.0. The standard InChI is InChI=1S/C17H16Cl2N2O2/c1-2-9-23-14-6-3-12(4-7-14)11-20-21-17(22)15-8-5-13(18)10-16(15)19/h3-8,10-11H,2,9H2,1H3,(H,21,22)/b20-11+. The number of ether oxygens (including phenoxy) is 1. The number of hydrogen-bond acceptors (Lipinski definition) is 3. The van der Waals surface area contributed by atoms with E-state index < -0.39 is 5.91 Å². The van der Waals surface area contributed by atoms with Gasteiger partial charge in [0.25, 0.3) is 5.91 Å². The van der Waals surface area contributed by atoms with Crippen LogP contribution in [0.4, 0.5) is 0 Å². The first-order chi connectivity index (χ1) is 11.1. The predicted octanol–water partition coefficient (Wildman–Crippen LogP) is 4.55. The van der Waals surface area contributed by atoms with Gasteiger partial charge in [-0.3, -0.25) is 4.79 Å². The summed E-state index contributed by atoms with van der Waals surface area (Å²) in [6, 6.07) is 12.1. The molecule has 0 unspecified atom stereocenters. The number of hydrazone groups is 1. The van der Waals surface area contributed by atoms with Crippen molar-refractivity contribution < 1.29 is 9.53 Å². The van der Waals surface area contributed by atoms with Crippen LogP contribution in [0.2, 0.25) is 10.0 Å². The zero-order valence-corrected chi connectivity index (χ0v) is 14.1. The van der Waals surface area contributed by atoms with Crippen molar-refractivity contribution in [1.82, 2.24) is 5.43 Å². The Kier molecular flexibility index (Phi) is 6.44. The third-order valence-corrected chi connectivity index (χ3v) is 3.46. The van der Waals surface area contributed by atoms with Crippen molar-refractivity contribution in [2.24, 2.45) is 5.10 Å². The molecule has 0 radical (unpaired) electrons. The highest BCUT2D eigenvalue weighted by Gasteiger charge is 2.09. The molecule has 0 saturated heterocycles. The van der Waals surface area contributed by atoms with Crippen molar-refractivity contribution in [1.29, 1.82) is 0 Å². The van der Waals surface area contributed by atoms with Crippen LogP contribution < -0.4 is 10.2 Å². The molecule has 0 heterocycles. The molecule has 0 saturated carbocycles. The fraction of sp³-hybridized carbons (Fsp3) is 0.176. The normalized spacial score (nSPS) is 10.7. The minimum Gasteiger partial charge on any atom is -0.494 e. The van der Waals surface area contributed by atoms with Gasteiger partial charge in [0.2, 0.25) is 0 Å². The number of halogens is 2. The van der Waals surface area contributed by atoms with Gasteiger partial charge >= 0.3 is 0 Å². The summed E-state index contributed by atoms with van der Waals surface area (Å²) in [4.78, 5) is 12.0. The van der Waals surface area contributed by atoms with E-state index in [0.29, 0.717) is 17.2 Å². The van der Waals surface area contributed by atoms with Crippen LogP contribution in [0.25, 0.3) is 0 Å². The van der Waals surface area contributed by atoms with Crippen LogP contribution in [-0.4, -0.2) is 18.7 Å². The minimum atomic E-state index is -0.397. The van der Waals surface area contributed by atoms with Gasteiger partial charge in [0.15, 0.2) is 0 Å². The van der Waals surface area contributed by atoms with Gasteiger partial charge < -0.3 is 4.74 Å². The van der Waals surface area contributed by atoms with Crippen LogP contribution in [-0.2, 0) is 0 Å². The van der Waals surface area contributed by atoms with Gasteiger partial charge in [0.1, 0.15) is 5.75 Å². The van der Waals surface area contributed by atoms with E-state index in [9.17, 15) is 4.79 Å². The summed E-state index contributed by atoms with van der Waals surface area (Å²) in [5.41, 5.74) is 3.59. The number of nitrogens with zero attached hydrogens (tertiary/aromatic N) is 1. The van der Waals surface area contributed by atoms with Gasteiger partial charge in [0, 0.05) is 5.02 Å². The zero-order valence-electron chi connectivity index (χ0n) is 12.6. The van der Waals surface area contributed by atoms with E-state index in [4.69, 9.17) is 27.9 Å². The largest absolute Gasteiger partial charge is 0.494 e. The number of carbonyl (C=O) groups excluding carboxylic acids is 1. The fourth-order valence-corrected chi connectivity index (χ4v) is 2.26. The Labute approximate surface area is 145 Å². The molecule has 0 aliphatic carbocycles. The van der Waals surface area contributed by atoms with Gasteiger partial charge in [-0.1, -0.05) is 30.1 Å². The molecule has 0 atom stereocenters. The molecule has 2 rings (SSSR count). The van der Waals surface area contributed by atoms with Gasteiger partial charge in [0.05, 0.1) is 23.4 Å². The second-order valence-electron chi connectivity index (χ2n) is 4.74. The van der Waals surface area contributed by atoms with Crippen molar-refractivity contribution in [3.05, 3.63) is 63.6 Å². The Bertz CT molecular complexity index is 700. The van der Waals surface area contributed by atoms with Crippen LogP contribution in [0.3, 0.4) is 0 Å². The minimum absolute atomic E-state index is 0.280. The van der Waals surface area contributed by atoms with E-state index in [-0.39, 0.29) is 5.02 Å². The third kappa shape index (κ3) is 5.27. The van der Waals surface area contributed by atoms with Crippen molar-refractivity contribution in [2.75, 3.05) is 6.61 Å². The molecule has 120 valence electrons. The SMILES string of the molecule is CCCOc1ccc(/C=N/NC(=O)c2ccc(Cl)cc2Cl)cc1. The Balaban J connectivity index is 1.94. The molecule has 0 bridgehead atoms. The predicted molar refractivity (Wildman–Crippen MR) is 93.8 cm³/mol. The number of nitrogens with one attached hydrogen (secondary N) is 1. The smallest absolute Gasteiger partial charge is 0.272 e. The Morgan fingerprint density at radius 2 is 1.96 bits per heavy atom. The first kappa shape index (κ1) is 17.3. The Hall–Kier alpha value is -2.04. The fourth-order valence-electron chi connectivity index (χ4n) is 1.77. The molecule has 0 spiro atoms. The lowest BCUT2D eigenvalue weighted by Gasteiger charge is -2.04. The van der Waals surface area contributed by atoms with E-state index in [2.05, 4.69) is 17.5 Å². The first-order valence-electron chi connectivity index (χ1n) is 7.11. The summed E-state index contributed by atoms with van der Waals surface area (Å²) >= 11 is 11.8. The molecule has 0 aromatic heterocycles. The highest BCUT2D eigenvalue weighted by Crippen LogP contribution is 2.20. The lowest BCUT2D eigenvalue weighted by molar-refractivity contribution is 0.0955. The Morgan fingerprint density at radius 3 is 2.61 bits per heavy atom. The number of benzene rings is 2. The summed E-state index contributed by atoms with van der Waals surface area (Å²) < 4.78 is 5.49. The Morgan fingerprint density at radius 1 is 1.22 bits per heavy atom. The number of rotatable bonds is 6. The van der Waals surface area contributed by atoms with Crippen molar-refractivity contribution in [3.8, 4) is 5.75 Å². The van der Waals surface area contributed by atoms with E-state index in [1.807, 2.05) is 24.3 Å². The molecule has 2 aromatic carbocycles. The van der Waals surface area contributed by atoms with E-state index >= 15 is 0 Å². The molecule has 0 aliphatic rings. The second kappa shape index (κ2) is 8.56.